The fraction of sp³-hybridized carbons (Fsp3) is 0.471. The molecule has 6 nitrogen and oxygen atoms in total. The van der Waals surface area contributed by atoms with Crippen molar-refractivity contribution in [2.75, 3.05) is 34.1 Å². The van der Waals surface area contributed by atoms with Crippen molar-refractivity contribution in [3.8, 4) is 23.0 Å². The highest BCUT2D eigenvalue weighted by molar-refractivity contribution is 6.02. The van der Waals surface area contributed by atoms with Crippen LogP contribution >= 0.6 is 0 Å². The largest absolute Gasteiger partial charge is 0.493 e. The predicted molar refractivity (Wildman–Crippen MR) is 83.0 cm³/mol. The number of methoxy groups -OCH3 is 2. The molecule has 0 N–H and O–H groups in total. The van der Waals surface area contributed by atoms with E-state index >= 15 is 0 Å². The van der Waals surface area contributed by atoms with Gasteiger partial charge in [-0.2, -0.15) is 0 Å². The van der Waals surface area contributed by atoms with Gasteiger partial charge in [0, 0.05) is 24.6 Å². The van der Waals surface area contributed by atoms with Gasteiger partial charge in [0.05, 0.1) is 19.9 Å². The number of piperidine rings is 3. The molecule has 1 aromatic carbocycles. The van der Waals surface area contributed by atoms with Crippen molar-refractivity contribution in [2.45, 2.75) is 12.8 Å². The highest BCUT2D eigenvalue weighted by Gasteiger charge is 2.37. The highest BCUT2D eigenvalue weighted by Crippen LogP contribution is 2.50. The average Bonchev–Trinajstić information content (AvgIpc) is 3.07. The van der Waals surface area contributed by atoms with Crippen LogP contribution in [0.15, 0.2) is 11.8 Å². The molecule has 0 radical (unpaired) electrons. The summed E-state index contributed by atoms with van der Waals surface area (Å²) >= 11 is 0. The van der Waals surface area contributed by atoms with Gasteiger partial charge in [0.25, 0.3) is 0 Å². The van der Waals surface area contributed by atoms with E-state index in [1.165, 1.54) is 0 Å². The summed E-state index contributed by atoms with van der Waals surface area (Å²) < 4.78 is 21.9. The molecule has 6 heteroatoms. The fourth-order valence-electron chi connectivity index (χ4n) is 3.56. The second-order valence-electron chi connectivity index (χ2n) is 5.92. The van der Waals surface area contributed by atoms with Crippen molar-refractivity contribution >= 4 is 11.9 Å². The Labute approximate surface area is 134 Å². The molecular weight excluding hydrogens is 298 g/mol. The molecule has 0 spiro atoms. The van der Waals surface area contributed by atoms with Gasteiger partial charge in [-0.1, -0.05) is 0 Å². The van der Waals surface area contributed by atoms with E-state index in [0.717, 1.165) is 37.2 Å². The minimum Gasteiger partial charge on any atom is -0.493 e. The van der Waals surface area contributed by atoms with Gasteiger partial charge >= 0.3 is 0 Å². The van der Waals surface area contributed by atoms with Gasteiger partial charge in [-0.3, -0.25) is 4.79 Å². The molecule has 0 amide bonds. The molecule has 4 heterocycles. The van der Waals surface area contributed by atoms with Crippen molar-refractivity contribution in [1.29, 1.82) is 0 Å². The molecule has 2 bridgehead atoms. The van der Waals surface area contributed by atoms with Crippen molar-refractivity contribution in [3.63, 3.8) is 0 Å². The van der Waals surface area contributed by atoms with Crippen LogP contribution in [0.5, 0.6) is 23.0 Å². The zero-order valence-electron chi connectivity index (χ0n) is 13.3. The number of carbonyl (C=O) groups is 1. The number of ether oxygens (including phenoxy) is 4. The van der Waals surface area contributed by atoms with Gasteiger partial charge in [-0.25, -0.2) is 0 Å². The van der Waals surface area contributed by atoms with Gasteiger partial charge in [-0.05, 0) is 25.0 Å². The standard InChI is InChI=1S/C17H19NO5/c1-20-13-8-11(15(21-2)17-16(13)22-9-23-17)7-12-14(19)10-3-5-18(12)6-4-10/h7-8,10H,3-6,9H2,1-2H3. The first-order valence-corrected chi connectivity index (χ1v) is 7.78. The maximum atomic E-state index is 12.5. The molecule has 4 aliphatic rings. The maximum Gasteiger partial charge on any atom is 0.231 e. The lowest BCUT2D eigenvalue weighted by Crippen LogP contribution is -2.45. The number of Topliss-reactive ketones (excluding diaryl/α,β-unsaturated/α-hetero) is 1. The van der Waals surface area contributed by atoms with E-state index in [-0.39, 0.29) is 18.5 Å². The summed E-state index contributed by atoms with van der Waals surface area (Å²) in [6.45, 7) is 2.01. The summed E-state index contributed by atoms with van der Waals surface area (Å²) in [5, 5.41) is 0. The van der Waals surface area contributed by atoms with Crippen molar-refractivity contribution in [2.24, 2.45) is 5.92 Å². The number of allylic oxidation sites excluding steroid dienone is 1. The molecule has 3 fully saturated rings. The quantitative estimate of drug-likeness (QED) is 0.796. The molecule has 3 saturated heterocycles. The summed E-state index contributed by atoms with van der Waals surface area (Å²) in [6, 6.07) is 1.83. The Morgan fingerprint density at radius 2 is 1.91 bits per heavy atom. The molecular formula is C17H19NO5. The van der Waals surface area contributed by atoms with Gasteiger partial charge in [0.2, 0.25) is 18.3 Å². The third-order valence-corrected chi connectivity index (χ3v) is 4.77. The smallest absolute Gasteiger partial charge is 0.231 e. The summed E-state index contributed by atoms with van der Waals surface area (Å²) in [4.78, 5) is 14.7. The Bertz CT molecular complexity index is 689. The summed E-state index contributed by atoms with van der Waals surface area (Å²) in [7, 11) is 3.17. The molecule has 0 aromatic heterocycles. The summed E-state index contributed by atoms with van der Waals surface area (Å²) in [5.74, 6) is 2.61. The van der Waals surface area contributed by atoms with Crippen LogP contribution in [0.25, 0.3) is 6.08 Å². The van der Waals surface area contributed by atoms with Gasteiger partial charge < -0.3 is 23.8 Å². The molecule has 5 rings (SSSR count). The van der Waals surface area contributed by atoms with Gasteiger partial charge in [-0.15, -0.1) is 0 Å². The molecule has 0 atom stereocenters. The topological polar surface area (TPSA) is 57.2 Å². The van der Waals surface area contributed by atoms with E-state index < -0.39 is 0 Å². The Morgan fingerprint density at radius 3 is 2.57 bits per heavy atom. The zero-order valence-corrected chi connectivity index (χ0v) is 13.3. The van der Waals surface area contributed by atoms with Crippen LogP contribution in [-0.4, -0.2) is 44.8 Å². The Morgan fingerprint density at radius 1 is 1.17 bits per heavy atom. The van der Waals surface area contributed by atoms with E-state index in [9.17, 15) is 4.79 Å². The molecule has 4 aliphatic heterocycles. The van der Waals surface area contributed by atoms with E-state index in [4.69, 9.17) is 18.9 Å². The lowest BCUT2D eigenvalue weighted by Gasteiger charge is -2.41. The Hall–Kier alpha value is -2.37. The van der Waals surface area contributed by atoms with E-state index in [1.54, 1.807) is 14.2 Å². The summed E-state index contributed by atoms with van der Waals surface area (Å²) in [6.07, 6.45) is 3.80. The first-order valence-electron chi connectivity index (χ1n) is 7.78. The first kappa shape index (κ1) is 14.2. The van der Waals surface area contributed by atoms with Crippen molar-refractivity contribution in [3.05, 3.63) is 17.3 Å². The first-order chi connectivity index (χ1) is 11.2. The number of rotatable bonds is 3. The van der Waals surface area contributed by atoms with E-state index in [1.807, 2.05) is 12.1 Å². The lowest BCUT2D eigenvalue weighted by molar-refractivity contribution is -0.125. The number of nitrogens with zero attached hydrogens (tertiary/aromatic N) is 1. The lowest BCUT2D eigenvalue weighted by atomic mass is 9.84. The van der Waals surface area contributed by atoms with Crippen molar-refractivity contribution in [1.82, 2.24) is 4.90 Å². The molecule has 23 heavy (non-hydrogen) atoms. The van der Waals surface area contributed by atoms with Gasteiger partial charge in [0.15, 0.2) is 17.3 Å². The predicted octanol–water partition coefficient (Wildman–Crippen LogP) is 2.07. The van der Waals surface area contributed by atoms with E-state index in [0.29, 0.717) is 23.0 Å². The number of fused-ring (bicyclic) bond motifs is 4. The highest BCUT2D eigenvalue weighted by atomic mass is 16.7. The van der Waals surface area contributed by atoms with Crippen LogP contribution in [-0.2, 0) is 4.79 Å². The maximum absolute atomic E-state index is 12.5. The second-order valence-corrected chi connectivity index (χ2v) is 5.92. The molecule has 1 aromatic rings. The van der Waals surface area contributed by atoms with Crippen LogP contribution in [0.1, 0.15) is 18.4 Å². The SMILES string of the molecule is COc1cc(C=C2C(=O)C3CCN2CC3)c(OC)c2c1OCO2. The third-order valence-electron chi connectivity index (χ3n) is 4.77. The minimum atomic E-state index is 0.134. The monoisotopic (exact) mass is 317 g/mol. The Kier molecular flexibility index (Phi) is 3.32. The molecule has 0 unspecified atom stereocenters. The van der Waals surface area contributed by atoms with Crippen LogP contribution in [0.3, 0.4) is 0 Å². The van der Waals surface area contributed by atoms with E-state index in [2.05, 4.69) is 4.90 Å². The van der Waals surface area contributed by atoms with Crippen LogP contribution in [0, 0.1) is 5.92 Å². The Balaban J connectivity index is 1.83. The molecule has 122 valence electrons. The number of hydrogen-bond acceptors (Lipinski definition) is 6. The normalized spacial score (nSPS) is 21.2. The fourth-order valence-corrected chi connectivity index (χ4v) is 3.56. The minimum absolute atomic E-state index is 0.134. The number of ketones is 1. The van der Waals surface area contributed by atoms with Crippen LogP contribution < -0.4 is 18.9 Å². The van der Waals surface area contributed by atoms with Crippen LogP contribution in [0.4, 0.5) is 0 Å². The van der Waals surface area contributed by atoms with Crippen molar-refractivity contribution < 1.29 is 23.7 Å². The molecule has 0 saturated carbocycles. The van der Waals surface area contributed by atoms with Gasteiger partial charge in [0.1, 0.15) is 0 Å². The second kappa shape index (κ2) is 5.37. The summed E-state index contributed by atoms with van der Waals surface area (Å²) in [5.41, 5.74) is 1.52. The number of carbonyl (C=O) groups excluding carboxylic acids is 1. The third kappa shape index (κ3) is 2.12. The number of benzene rings is 1. The average molecular weight is 317 g/mol. The number of hydrogen-bond donors (Lipinski definition) is 0. The molecule has 0 aliphatic carbocycles. The zero-order chi connectivity index (χ0) is 16.0. The van der Waals surface area contributed by atoms with Crippen LogP contribution in [0.2, 0.25) is 0 Å².